The third-order valence-electron chi connectivity index (χ3n) is 6.81. The summed E-state index contributed by atoms with van der Waals surface area (Å²) in [7, 11) is 0. The van der Waals surface area contributed by atoms with Crippen LogP contribution in [0.15, 0.2) is 66.8 Å². The van der Waals surface area contributed by atoms with E-state index in [0.717, 1.165) is 60.4 Å². The van der Waals surface area contributed by atoms with Crippen molar-refractivity contribution in [3.8, 4) is 23.0 Å². The summed E-state index contributed by atoms with van der Waals surface area (Å²) < 4.78 is 3.97. The van der Waals surface area contributed by atoms with Crippen LogP contribution < -0.4 is 0 Å². The first-order valence-corrected chi connectivity index (χ1v) is 12.9. The van der Waals surface area contributed by atoms with Crippen molar-refractivity contribution in [2.45, 2.75) is 26.7 Å². The van der Waals surface area contributed by atoms with Crippen LogP contribution in [0.4, 0.5) is 0 Å². The molecule has 6 heteroatoms. The number of nitrogens with zero attached hydrogens (tertiary/aromatic N) is 1. The average Bonchev–Trinajstić information content (AvgIpc) is 3.49. The fourth-order valence-electron chi connectivity index (χ4n) is 5.38. The minimum absolute atomic E-state index is 0.274. The molecule has 0 bridgehead atoms. The molecule has 0 aliphatic heterocycles. The number of hydrogen-bond donors (Lipinski definition) is 4. The number of phenolic OH excluding ortho intramolecular Hbond substituents is 4. The van der Waals surface area contributed by atoms with Crippen molar-refractivity contribution < 1.29 is 20.4 Å². The summed E-state index contributed by atoms with van der Waals surface area (Å²) in [6.45, 7) is 4.00. The van der Waals surface area contributed by atoms with Crippen molar-refractivity contribution in [1.29, 1.82) is 0 Å². The summed E-state index contributed by atoms with van der Waals surface area (Å²) in [5, 5.41) is 48.4. The monoisotopic (exact) mass is 495 g/mol. The fourth-order valence-corrected chi connectivity index (χ4v) is 6.65. The molecule has 2 heterocycles. The summed E-state index contributed by atoms with van der Waals surface area (Å²) in [6, 6.07) is 16.3. The van der Waals surface area contributed by atoms with E-state index in [-0.39, 0.29) is 5.52 Å². The van der Waals surface area contributed by atoms with E-state index >= 15 is 0 Å². The molecule has 0 radical (unpaired) electrons. The molecule has 1 aliphatic carbocycles. The molecule has 6 aromatic rings. The molecular formula is C30H25NO4S. The van der Waals surface area contributed by atoms with Gasteiger partial charge in [-0.1, -0.05) is 68.5 Å². The molecule has 4 N–H and O–H groups in total. The number of phenols is 4. The summed E-state index contributed by atoms with van der Waals surface area (Å²) in [6.07, 6.45) is 7.91. The largest absolute Gasteiger partial charge is 0.504 e. The van der Waals surface area contributed by atoms with Crippen molar-refractivity contribution in [3.05, 3.63) is 66.8 Å². The van der Waals surface area contributed by atoms with Crippen LogP contribution in [-0.4, -0.2) is 25.0 Å². The van der Waals surface area contributed by atoms with E-state index in [2.05, 4.69) is 30.4 Å². The number of thiophene rings is 1. The molecular weight excluding hydrogens is 470 g/mol. The van der Waals surface area contributed by atoms with E-state index in [1.807, 2.05) is 54.8 Å². The Hall–Kier alpha value is -4.16. The van der Waals surface area contributed by atoms with Gasteiger partial charge < -0.3 is 25.0 Å². The zero-order valence-corrected chi connectivity index (χ0v) is 20.7. The van der Waals surface area contributed by atoms with Gasteiger partial charge in [-0.25, -0.2) is 0 Å². The van der Waals surface area contributed by atoms with Crippen LogP contribution in [-0.2, 0) is 0 Å². The zero-order valence-electron chi connectivity index (χ0n) is 19.9. The topological polar surface area (TPSA) is 85.8 Å². The first-order chi connectivity index (χ1) is 17.6. The molecule has 7 rings (SSSR count). The molecule has 1 aliphatic rings. The Morgan fingerprint density at radius 2 is 1.33 bits per heavy atom. The highest BCUT2D eigenvalue weighted by Crippen LogP contribution is 2.56. The molecule has 0 atom stereocenters. The van der Waals surface area contributed by atoms with Crippen LogP contribution in [0.25, 0.3) is 58.4 Å². The molecule has 180 valence electrons. The van der Waals surface area contributed by atoms with Crippen LogP contribution >= 0.6 is 11.3 Å². The second kappa shape index (κ2) is 8.21. The second-order valence-corrected chi connectivity index (χ2v) is 9.69. The molecule has 36 heavy (non-hydrogen) atoms. The van der Waals surface area contributed by atoms with Crippen LogP contribution in [0.3, 0.4) is 0 Å². The van der Waals surface area contributed by atoms with Gasteiger partial charge in [0.05, 0.1) is 10.9 Å². The number of fused-ring (bicyclic) bond motifs is 10. The summed E-state index contributed by atoms with van der Waals surface area (Å²) in [5.41, 5.74) is 1.94. The van der Waals surface area contributed by atoms with Gasteiger partial charge >= 0.3 is 0 Å². The van der Waals surface area contributed by atoms with Crippen molar-refractivity contribution in [2.75, 3.05) is 0 Å². The first kappa shape index (κ1) is 22.3. The molecule has 2 aromatic heterocycles. The molecule has 0 amide bonds. The fraction of sp³-hybridized carbons (Fsp3) is 0.133. The zero-order chi connectivity index (χ0) is 25.1. The number of benzene rings is 4. The number of aromatic hydroxyl groups is 4. The van der Waals surface area contributed by atoms with Gasteiger partial charge in [0, 0.05) is 36.6 Å². The van der Waals surface area contributed by atoms with E-state index in [1.165, 1.54) is 0 Å². The predicted octanol–water partition coefficient (Wildman–Crippen LogP) is 8.36. The van der Waals surface area contributed by atoms with Gasteiger partial charge in [0.2, 0.25) is 11.5 Å². The SMILES string of the molecule is CC.Oc1c(O)c(O)c2c(c1O)c1c3sc4ccccc4c3c3ccccc3c1n2C1=CCCC=C1. The Labute approximate surface area is 211 Å². The Kier molecular flexibility index (Phi) is 5.09. The Morgan fingerprint density at radius 1 is 0.667 bits per heavy atom. The molecule has 0 unspecified atom stereocenters. The van der Waals surface area contributed by atoms with E-state index in [0.29, 0.717) is 5.39 Å². The summed E-state index contributed by atoms with van der Waals surface area (Å²) in [5.74, 6) is -2.35. The van der Waals surface area contributed by atoms with Gasteiger partial charge in [-0.05, 0) is 30.4 Å². The van der Waals surface area contributed by atoms with E-state index < -0.39 is 23.0 Å². The molecule has 5 nitrogen and oxygen atoms in total. The summed E-state index contributed by atoms with van der Waals surface area (Å²) >= 11 is 1.62. The molecule has 0 saturated carbocycles. The van der Waals surface area contributed by atoms with Crippen LogP contribution in [0.5, 0.6) is 23.0 Å². The lowest BCUT2D eigenvalue weighted by molar-refractivity contribution is 0.350. The van der Waals surface area contributed by atoms with E-state index in [9.17, 15) is 20.4 Å². The Balaban J connectivity index is 0.00000117. The lowest BCUT2D eigenvalue weighted by Crippen LogP contribution is -1.98. The summed E-state index contributed by atoms with van der Waals surface area (Å²) in [4.78, 5) is 0. The van der Waals surface area contributed by atoms with Gasteiger partial charge in [-0.3, -0.25) is 0 Å². The third kappa shape index (κ3) is 2.82. The van der Waals surface area contributed by atoms with Crippen LogP contribution in [0.2, 0.25) is 0 Å². The van der Waals surface area contributed by atoms with Gasteiger partial charge in [-0.15, -0.1) is 11.3 Å². The molecule has 4 aromatic carbocycles. The van der Waals surface area contributed by atoms with Crippen molar-refractivity contribution in [1.82, 2.24) is 4.57 Å². The first-order valence-electron chi connectivity index (χ1n) is 12.1. The Morgan fingerprint density at radius 3 is 2.06 bits per heavy atom. The van der Waals surface area contributed by atoms with E-state index in [4.69, 9.17) is 0 Å². The van der Waals surface area contributed by atoms with Crippen molar-refractivity contribution >= 4 is 69.8 Å². The minimum atomic E-state index is -0.730. The highest BCUT2D eigenvalue weighted by atomic mass is 32.1. The number of allylic oxidation sites excluding steroid dienone is 4. The minimum Gasteiger partial charge on any atom is -0.504 e. The van der Waals surface area contributed by atoms with Crippen molar-refractivity contribution in [2.24, 2.45) is 0 Å². The number of aromatic nitrogens is 1. The molecule has 0 spiro atoms. The number of rotatable bonds is 1. The average molecular weight is 496 g/mol. The Bertz CT molecular complexity index is 1910. The maximum atomic E-state index is 11.1. The van der Waals surface area contributed by atoms with Gasteiger partial charge in [0.1, 0.15) is 5.52 Å². The van der Waals surface area contributed by atoms with Crippen LogP contribution in [0, 0.1) is 0 Å². The lowest BCUT2D eigenvalue weighted by atomic mass is 9.99. The maximum Gasteiger partial charge on any atom is 0.206 e. The highest BCUT2D eigenvalue weighted by molar-refractivity contribution is 7.27. The predicted molar refractivity (Wildman–Crippen MR) is 150 cm³/mol. The quantitative estimate of drug-likeness (QED) is 0.136. The van der Waals surface area contributed by atoms with Crippen LogP contribution in [0.1, 0.15) is 26.7 Å². The smallest absolute Gasteiger partial charge is 0.206 e. The second-order valence-electron chi connectivity index (χ2n) is 8.63. The molecule has 0 saturated heterocycles. The highest BCUT2D eigenvalue weighted by Gasteiger charge is 2.29. The van der Waals surface area contributed by atoms with Gasteiger partial charge in [0.15, 0.2) is 11.5 Å². The maximum absolute atomic E-state index is 11.1. The van der Waals surface area contributed by atoms with Crippen molar-refractivity contribution in [3.63, 3.8) is 0 Å². The van der Waals surface area contributed by atoms with Gasteiger partial charge in [-0.2, -0.15) is 0 Å². The lowest BCUT2D eigenvalue weighted by Gasteiger charge is -2.15. The normalized spacial score (nSPS) is 13.6. The third-order valence-corrected chi connectivity index (χ3v) is 8.00. The standard InChI is InChI=1S/C28H19NO4S.C2H6/c30-24-20-21-22(29(14-8-2-1-3-9-14)23(20)25(31)27(33)26(24)32)16-11-5-4-10-15(16)19-17-12-6-7-13-18(17)34-28(19)21;1-2/h2,4-13,30-33H,1,3H2;1-2H3. The van der Waals surface area contributed by atoms with E-state index in [1.54, 1.807) is 11.3 Å². The van der Waals surface area contributed by atoms with Gasteiger partial charge in [0.25, 0.3) is 0 Å². The number of hydrogen-bond acceptors (Lipinski definition) is 5. The molecule has 0 fully saturated rings.